The molecule has 3 aromatic carbocycles. The highest BCUT2D eigenvalue weighted by Gasteiger charge is 2.09. The molecule has 0 aliphatic rings. The van der Waals surface area contributed by atoms with Gasteiger partial charge in [-0.05, 0) is 79.8 Å². The fraction of sp³-hybridized carbons (Fsp3) is 0.0455. The average molecular weight is 469 g/mol. The van der Waals surface area contributed by atoms with Crippen molar-refractivity contribution >= 4 is 56.4 Å². The molecule has 3 aromatic rings. The van der Waals surface area contributed by atoms with E-state index >= 15 is 0 Å². The fourth-order valence-electron chi connectivity index (χ4n) is 2.51. The van der Waals surface area contributed by atoms with Gasteiger partial charge in [-0.2, -0.15) is 0 Å². The van der Waals surface area contributed by atoms with Crippen LogP contribution in [0.4, 0.5) is 11.4 Å². The minimum Gasteiger partial charge on any atom is -0.432 e. The molecule has 0 heterocycles. The number of thiocarbonyl (C=S) groups is 1. The van der Waals surface area contributed by atoms with Crippen LogP contribution < -0.4 is 15.4 Å². The maximum atomic E-state index is 12.5. The third-order valence-electron chi connectivity index (χ3n) is 3.93. The van der Waals surface area contributed by atoms with E-state index in [1.807, 2.05) is 18.2 Å². The SMILES string of the molecule is CC(=O)c1ccc(NC(=S)Oc2cccc(C(=O)Nc3cccc(Br)c3)c2)cc1. The van der Waals surface area contributed by atoms with Crippen LogP contribution >= 0.6 is 28.1 Å². The second kappa shape index (κ2) is 9.45. The molecule has 0 aliphatic heterocycles. The minimum absolute atomic E-state index is 0.00618. The Morgan fingerprint density at radius 3 is 2.28 bits per heavy atom. The first-order chi connectivity index (χ1) is 13.9. The van der Waals surface area contributed by atoms with Crippen molar-refractivity contribution in [2.45, 2.75) is 6.92 Å². The van der Waals surface area contributed by atoms with E-state index in [1.165, 1.54) is 6.92 Å². The lowest BCUT2D eigenvalue weighted by Gasteiger charge is -2.11. The van der Waals surface area contributed by atoms with Crippen molar-refractivity contribution in [2.24, 2.45) is 0 Å². The van der Waals surface area contributed by atoms with Crippen LogP contribution in [-0.4, -0.2) is 16.9 Å². The fourth-order valence-corrected chi connectivity index (χ4v) is 3.12. The molecule has 0 unspecified atom stereocenters. The van der Waals surface area contributed by atoms with Crippen molar-refractivity contribution in [1.82, 2.24) is 0 Å². The van der Waals surface area contributed by atoms with Gasteiger partial charge >= 0.3 is 0 Å². The summed E-state index contributed by atoms with van der Waals surface area (Å²) in [6, 6.07) is 21.0. The standard InChI is InChI=1S/C22H17BrN2O3S/c1-14(26)15-8-10-18(11-9-15)25-22(29)28-20-7-2-4-16(12-20)21(27)24-19-6-3-5-17(23)13-19/h2-13H,1H3,(H,24,27)(H,25,29). The summed E-state index contributed by atoms with van der Waals surface area (Å²) in [5, 5.41) is 5.91. The molecule has 0 bridgehead atoms. The molecule has 29 heavy (non-hydrogen) atoms. The molecule has 0 fully saturated rings. The summed E-state index contributed by atoms with van der Waals surface area (Å²) in [5.74, 6) is 0.172. The highest BCUT2D eigenvalue weighted by molar-refractivity contribution is 9.10. The first kappa shape index (κ1) is 20.7. The number of ether oxygens (including phenoxy) is 1. The average Bonchev–Trinajstić information content (AvgIpc) is 2.68. The molecule has 0 atom stereocenters. The number of hydrogen-bond acceptors (Lipinski definition) is 4. The third kappa shape index (κ3) is 5.97. The Hall–Kier alpha value is -3.03. The van der Waals surface area contributed by atoms with E-state index in [0.717, 1.165) is 4.47 Å². The molecular formula is C22H17BrN2O3S. The molecule has 0 radical (unpaired) electrons. The van der Waals surface area contributed by atoms with Crippen molar-refractivity contribution in [1.29, 1.82) is 0 Å². The molecule has 7 heteroatoms. The Balaban J connectivity index is 1.63. The van der Waals surface area contributed by atoms with Gasteiger partial charge in [-0.15, -0.1) is 0 Å². The van der Waals surface area contributed by atoms with E-state index in [0.29, 0.717) is 28.3 Å². The number of halogens is 1. The van der Waals surface area contributed by atoms with Gasteiger partial charge in [0.2, 0.25) is 0 Å². The van der Waals surface area contributed by atoms with E-state index in [1.54, 1.807) is 54.6 Å². The molecule has 0 saturated heterocycles. The first-order valence-electron chi connectivity index (χ1n) is 8.67. The summed E-state index contributed by atoms with van der Waals surface area (Å²) >= 11 is 8.60. The predicted molar refractivity (Wildman–Crippen MR) is 122 cm³/mol. The zero-order valence-corrected chi connectivity index (χ0v) is 17.8. The predicted octanol–water partition coefficient (Wildman–Crippen LogP) is 5.68. The van der Waals surface area contributed by atoms with Crippen LogP contribution in [0.15, 0.2) is 77.3 Å². The maximum absolute atomic E-state index is 12.5. The van der Waals surface area contributed by atoms with Crippen LogP contribution in [0, 0.1) is 0 Å². The van der Waals surface area contributed by atoms with E-state index in [4.69, 9.17) is 17.0 Å². The summed E-state index contributed by atoms with van der Waals surface area (Å²) in [4.78, 5) is 23.8. The van der Waals surface area contributed by atoms with Gasteiger partial charge in [0.25, 0.3) is 11.1 Å². The molecule has 0 spiro atoms. The lowest BCUT2D eigenvalue weighted by molar-refractivity contribution is 0.101. The van der Waals surface area contributed by atoms with Gasteiger partial charge in [0, 0.05) is 27.0 Å². The van der Waals surface area contributed by atoms with Gasteiger partial charge in [0.05, 0.1) is 0 Å². The maximum Gasteiger partial charge on any atom is 0.266 e. The van der Waals surface area contributed by atoms with Gasteiger partial charge in [-0.1, -0.05) is 28.1 Å². The van der Waals surface area contributed by atoms with Crippen LogP contribution in [0.25, 0.3) is 0 Å². The van der Waals surface area contributed by atoms with E-state index < -0.39 is 0 Å². The zero-order valence-electron chi connectivity index (χ0n) is 15.4. The Bertz CT molecular complexity index is 1070. The molecule has 0 aliphatic carbocycles. The normalized spacial score (nSPS) is 10.1. The quantitative estimate of drug-likeness (QED) is 0.372. The highest BCUT2D eigenvalue weighted by atomic mass is 79.9. The van der Waals surface area contributed by atoms with Crippen molar-refractivity contribution in [3.63, 3.8) is 0 Å². The minimum atomic E-state index is -0.257. The Morgan fingerprint density at radius 1 is 0.862 bits per heavy atom. The molecular weight excluding hydrogens is 452 g/mol. The second-order valence-corrected chi connectivity index (χ2v) is 7.43. The molecule has 3 rings (SSSR count). The molecule has 2 N–H and O–H groups in total. The lowest BCUT2D eigenvalue weighted by Crippen LogP contribution is -2.17. The number of Topliss-reactive ketones (excluding diaryl/α,β-unsaturated/α-hetero) is 1. The molecule has 0 aromatic heterocycles. The van der Waals surface area contributed by atoms with E-state index in [9.17, 15) is 9.59 Å². The smallest absolute Gasteiger partial charge is 0.266 e. The summed E-state index contributed by atoms with van der Waals surface area (Å²) in [5.41, 5.74) is 2.44. The van der Waals surface area contributed by atoms with Crippen LogP contribution in [0.5, 0.6) is 5.75 Å². The van der Waals surface area contributed by atoms with Crippen molar-refractivity contribution in [2.75, 3.05) is 10.6 Å². The highest BCUT2D eigenvalue weighted by Crippen LogP contribution is 2.19. The summed E-state index contributed by atoms with van der Waals surface area (Å²) in [6.45, 7) is 1.51. The summed E-state index contributed by atoms with van der Waals surface area (Å²) < 4.78 is 6.50. The molecule has 1 amide bonds. The summed E-state index contributed by atoms with van der Waals surface area (Å²) in [7, 11) is 0. The Kier molecular flexibility index (Phi) is 6.74. The number of hydrogen-bond donors (Lipinski definition) is 2. The number of ketones is 1. The largest absolute Gasteiger partial charge is 0.432 e. The Labute approximate surface area is 182 Å². The van der Waals surface area contributed by atoms with Gasteiger partial charge in [-0.25, -0.2) is 0 Å². The number of benzene rings is 3. The number of carbonyl (C=O) groups excluding carboxylic acids is 2. The number of amides is 1. The number of nitrogens with one attached hydrogen (secondary N) is 2. The lowest BCUT2D eigenvalue weighted by atomic mass is 10.1. The third-order valence-corrected chi connectivity index (χ3v) is 4.61. The number of carbonyl (C=O) groups is 2. The van der Waals surface area contributed by atoms with Crippen LogP contribution in [0.3, 0.4) is 0 Å². The zero-order chi connectivity index (χ0) is 20.8. The molecule has 146 valence electrons. The van der Waals surface area contributed by atoms with Gasteiger partial charge < -0.3 is 15.4 Å². The van der Waals surface area contributed by atoms with E-state index in [-0.39, 0.29) is 16.9 Å². The van der Waals surface area contributed by atoms with Crippen LogP contribution in [-0.2, 0) is 0 Å². The Morgan fingerprint density at radius 2 is 1.59 bits per heavy atom. The second-order valence-electron chi connectivity index (χ2n) is 6.14. The number of rotatable bonds is 5. The number of anilines is 2. The van der Waals surface area contributed by atoms with Crippen LogP contribution in [0.1, 0.15) is 27.6 Å². The van der Waals surface area contributed by atoms with Gasteiger partial charge in [-0.3, -0.25) is 9.59 Å². The molecule has 5 nitrogen and oxygen atoms in total. The van der Waals surface area contributed by atoms with Crippen molar-refractivity contribution < 1.29 is 14.3 Å². The van der Waals surface area contributed by atoms with Gasteiger partial charge in [0.1, 0.15) is 5.75 Å². The molecule has 0 saturated carbocycles. The van der Waals surface area contributed by atoms with E-state index in [2.05, 4.69) is 26.6 Å². The van der Waals surface area contributed by atoms with Crippen molar-refractivity contribution in [3.05, 3.63) is 88.4 Å². The van der Waals surface area contributed by atoms with Gasteiger partial charge in [0.15, 0.2) is 5.78 Å². The monoisotopic (exact) mass is 468 g/mol. The topological polar surface area (TPSA) is 67.4 Å². The van der Waals surface area contributed by atoms with Crippen LogP contribution in [0.2, 0.25) is 0 Å². The van der Waals surface area contributed by atoms with Crippen molar-refractivity contribution in [3.8, 4) is 5.75 Å². The summed E-state index contributed by atoms with van der Waals surface area (Å²) in [6.07, 6.45) is 0. The first-order valence-corrected chi connectivity index (χ1v) is 9.87.